The molecule has 19 heavy (non-hydrogen) atoms. The fourth-order valence-corrected chi connectivity index (χ4v) is 2.26. The van der Waals surface area contributed by atoms with Crippen LogP contribution in [0.4, 0.5) is 0 Å². The van der Waals surface area contributed by atoms with Crippen LogP contribution in [0, 0.1) is 5.92 Å². The van der Waals surface area contributed by atoms with Crippen LogP contribution < -0.4 is 0 Å². The Morgan fingerprint density at radius 1 is 1.47 bits per heavy atom. The van der Waals surface area contributed by atoms with Crippen molar-refractivity contribution in [2.45, 2.75) is 13.5 Å². The van der Waals surface area contributed by atoms with Crippen LogP contribution in [0.25, 0.3) is 10.9 Å². The molecule has 0 N–H and O–H groups in total. The Balaban J connectivity index is 2.02. The molecule has 0 radical (unpaired) electrons. The van der Waals surface area contributed by atoms with Crippen LogP contribution in [0.5, 0.6) is 0 Å². The van der Waals surface area contributed by atoms with Crippen molar-refractivity contribution in [2.75, 3.05) is 19.8 Å². The summed E-state index contributed by atoms with van der Waals surface area (Å²) in [6.07, 6.45) is 0. The molecule has 0 amide bonds. The summed E-state index contributed by atoms with van der Waals surface area (Å²) in [4.78, 5) is 12.1. The summed E-state index contributed by atoms with van der Waals surface area (Å²) in [5.74, 6) is 0.124. The molecule has 5 heteroatoms. The molecule has 1 aliphatic heterocycles. The van der Waals surface area contributed by atoms with Crippen molar-refractivity contribution in [2.24, 2.45) is 5.92 Å². The number of benzene rings is 1. The van der Waals surface area contributed by atoms with Crippen molar-refractivity contribution < 1.29 is 14.3 Å². The largest absolute Gasteiger partial charge is 0.461 e. The molecule has 1 aromatic carbocycles. The maximum absolute atomic E-state index is 12.1. The van der Waals surface area contributed by atoms with Gasteiger partial charge in [0.15, 0.2) is 5.69 Å². The predicted octanol–water partition coefficient (Wildman–Crippen LogP) is 1.86. The quantitative estimate of drug-likeness (QED) is 0.787. The van der Waals surface area contributed by atoms with Gasteiger partial charge in [-0.2, -0.15) is 5.10 Å². The fraction of sp³-hybridized carbons (Fsp3) is 0.429. The standard InChI is InChI=1S/C14H16N2O3/c1-2-19-14(17)13-11-5-3-4-6-12(11)15-16(13)7-10-8-18-9-10/h3-6,10H,2,7-9H2,1H3. The van der Waals surface area contributed by atoms with Crippen molar-refractivity contribution in [3.05, 3.63) is 30.0 Å². The average molecular weight is 260 g/mol. The van der Waals surface area contributed by atoms with Gasteiger partial charge in [-0.1, -0.05) is 18.2 Å². The molecule has 1 aliphatic rings. The van der Waals surface area contributed by atoms with E-state index in [9.17, 15) is 4.79 Å². The molecule has 0 bridgehead atoms. The monoisotopic (exact) mass is 260 g/mol. The second-order valence-corrected chi connectivity index (χ2v) is 4.67. The Bertz CT molecular complexity index is 602. The van der Waals surface area contributed by atoms with Crippen LogP contribution in [0.3, 0.4) is 0 Å². The Labute approximate surface area is 111 Å². The topological polar surface area (TPSA) is 53.3 Å². The number of esters is 1. The third-order valence-electron chi connectivity index (χ3n) is 3.25. The Morgan fingerprint density at radius 3 is 2.95 bits per heavy atom. The summed E-state index contributed by atoms with van der Waals surface area (Å²) in [5.41, 5.74) is 1.37. The first kappa shape index (κ1) is 12.2. The summed E-state index contributed by atoms with van der Waals surface area (Å²) in [5, 5.41) is 5.35. The molecular formula is C14H16N2O3. The number of aromatic nitrogens is 2. The van der Waals surface area contributed by atoms with Gasteiger partial charge in [0.2, 0.25) is 0 Å². The van der Waals surface area contributed by atoms with Crippen molar-refractivity contribution in [1.82, 2.24) is 9.78 Å². The third-order valence-corrected chi connectivity index (χ3v) is 3.25. The van der Waals surface area contributed by atoms with Gasteiger partial charge in [-0.15, -0.1) is 0 Å². The Hall–Kier alpha value is -1.88. The van der Waals surface area contributed by atoms with Crippen LogP contribution in [0.1, 0.15) is 17.4 Å². The zero-order chi connectivity index (χ0) is 13.2. The predicted molar refractivity (Wildman–Crippen MR) is 70.0 cm³/mol. The summed E-state index contributed by atoms with van der Waals surface area (Å²) in [6.45, 7) is 4.34. The van der Waals surface area contributed by atoms with E-state index in [1.165, 1.54) is 0 Å². The van der Waals surface area contributed by atoms with Crippen molar-refractivity contribution >= 4 is 16.9 Å². The van der Waals surface area contributed by atoms with E-state index in [1.54, 1.807) is 11.6 Å². The lowest BCUT2D eigenvalue weighted by molar-refractivity contribution is -0.0412. The number of fused-ring (bicyclic) bond motifs is 1. The normalized spacial score (nSPS) is 15.4. The van der Waals surface area contributed by atoms with Gasteiger partial charge in [0.25, 0.3) is 0 Å². The molecule has 0 unspecified atom stereocenters. The van der Waals surface area contributed by atoms with Gasteiger partial charge < -0.3 is 9.47 Å². The first-order valence-corrected chi connectivity index (χ1v) is 6.50. The highest BCUT2D eigenvalue weighted by Gasteiger charge is 2.24. The number of rotatable bonds is 4. The lowest BCUT2D eigenvalue weighted by Crippen LogP contribution is -2.32. The fourth-order valence-electron chi connectivity index (χ4n) is 2.26. The van der Waals surface area contributed by atoms with Crippen molar-refractivity contribution in [3.8, 4) is 0 Å². The summed E-state index contributed by atoms with van der Waals surface area (Å²) in [7, 11) is 0. The highest BCUT2D eigenvalue weighted by atomic mass is 16.5. The number of ether oxygens (including phenoxy) is 2. The molecule has 5 nitrogen and oxygen atoms in total. The zero-order valence-corrected chi connectivity index (χ0v) is 10.8. The number of nitrogens with zero attached hydrogens (tertiary/aromatic N) is 2. The van der Waals surface area contributed by atoms with Crippen LogP contribution in [0.2, 0.25) is 0 Å². The van der Waals surface area contributed by atoms with E-state index in [1.807, 2.05) is 24.3 Å². The lowest BCUT2D eigenvalue weighted by atomic mass is 10.1. The van der Waals surface area contributed by atoms with Gasteiger partial charge in [-0.3, -0.25) is 4.68 Å². The number of carbonyl (C=O) groups excluding carboxylic acids is 1. The lowest BCUT2D eigenvalue weighted by Gasteiger charge is -2.26. The second kappa shape index (κ2) is 5.01. The summed E-state index contributed by atoms with van der Waals surface area (Å²) < 4.78 is 12.1. The molecule has 1 saturated heterocycles. The van der Waals surface area contributed by atoms with E-state index in [-0.39, 0.29) is 5.97 Å². The molecule has 0 atom stereocenters. The minimum Gasteiger partial charge on any atom is -0.461 e. The minimum absolute atomic E-state index is 0.309. The molecular weight excluding hydrogens is 244 g/mol. The highest BCUT2D eigenvalue weighted by molar-refractivity contribution is 6.02. The van der Waals surface area contributed by atoms with Gasteiger partial charge in [0, 0.05) is 17.8 Å². The summed E-state index contributed by atoms with van der Waals surface area (Å²) in [6, 6.07) is 7.64. The Kier molecular flexibility index (Phi) is 3.21. The maximum atomic E-state index is 12.1. The van der Waals surface area contributed by atoms with Crippen molar-refractivity contribution in [3.63, 3.8) is 0 Å². The van der Waals surface area contributed by atoms with Crippen LogP contribution >= 0.6 is 0 Å². The molecule has 100 valence electrons. The van der Waals surface area contributed by atoms with E-state index in [0.29, 0.717) is 24.8 Å². The maximum Gasteiger partial charge on any atom is 0.357 e. The molecule has 1 aromatic heterocycles. The van der Waals surface area contributed by atoms with E-state index in [0.717, 1.165) is 24.1 Å². The third kappa shape index (κ3) is 2.21. The molecule has 0 spiro atoms. The summed E-state index contributed by atoms with van der Waals surface area (Å²) >= 11 is 0. The van der Waals surface area contributed by atoms with Gasteiger partial charge >= 0.3 is 5.97 Å². The van der Waals surface area contributed by atoms with Crippen LogP contribution in [-0.2, 0) is 16.0 Å². The second-order valence-electron chi connectivity index (χ2n) is 4.67. The first-order valence-electron chi connectivity index (χ1n) is 6.50. The Morgan fingerprint density at radius 2 is 2.26 bits per heavy atom. The number of hydrogen-bond acceptors (Lipinski definition) is 4. The number of hydrogen-bond donors (Lipinski definition) is 0. The molecule has 2 heterocycles. The highest BCUT2D eigenvalue weighted by Crippen LogP contribution is 2.22. The molecule has 1 fully saturated rings. The van der Waals surface area contributed by atoms with E-state index >= 15 is 0 Å². The first-order chi connectivity index (χ1) is 9.29. The SMILES string of the molecule is CCOC(=O)c1c2ccccc2nn1CC1COC1. The molecule has 2 aromatic rings. The number of carbonyl (C=O) groups is 1. The molecule has 0 saturated carbocycles. The van der Waals surface area contributed by atoms with E-state index in [4.69, 9.17) is 9.47 Å². The van der Waals surface area contributed by atoms with Crippen LogP contribution in [0.15, 0.2) is 24.3 Å². The van der Waals surface area contributed by atoms with Gasteiger partial charge in [0.05, 0.1) is 25.3 Å². The van der Waals surface area contributed by atoms with E-state index in [2.05, 4.69) is 5.10 Å². The van der Waals surface area contributed by atoms with Gasteiger partial charge in [-0.25, -0.2) is 4.79 Å². The molecule has 3 rings (SSSR count). The molecule has 0 aliphatic carbocycles. The van der Waals surface area contributed by atoms with Crippen molar-refractivity contribution in [1.29, 1.82) is 0 Å². The smallest absolute Gasteiger partial charge is 0.357 e. The average Bonchev–Trinajstić information content (AvgIpc) is 2.72. The van der Waals surface area contributed by atoms with E-state index < -0.39 is 0 Å². The van der Waals surface area contributed by atoms with Crippen LogP contribution in [-0.4, -0.2) is 35.6 Å². The zero-order valence-electron chi connectivity index (χ0n) is 10.8. The minimum atomic E-state index is -0.309. The van der Waals surface area contributed by atoms with Gasteiger partial charge in [-0.05, 0) is 13.0 Å². The van der Waals surface area contributed by atoms with Gasteiger partial charge in [0.1, 0.15) is 0 Å².